The van der Waals surface area contributed by atoms with Gasteiger partial charge in [0, 0.05) is 17.0 Å². The summed E-state index contributed by atoms with van der Waals surface area (Å²) >= 11 is 1.16. The van der Waals surface area contributed by atoms with Gasteiger partial charge in [-0.05, 0) is 19.8 Å². The number of nitrogens with zero attached hydrogens (tertiary/aromatic N) is 1. The van der Waals surface area contributed by atoms with Crippen molar-refractivity contribution in [2.45, 2.75) is 26.3 Å². The molecule has 0 atom stereocenters. The minimum absolute atomic E-state index is 0.0218. The first-order valence-corrected chi connectivity index (χ1v) is 5.24. The van der Waals surface area contributed by atoms with Gasteiger partial charge in [-0.2, -0.15) is 0 Å². The molecule has 1 aliphatic carbocycles. The lowest BCUT2D eigenvalue weighted by atomic mass is 10.2. The predicted octanol–water partition coefficient (Wildman–Crippen LogP) is 1.20. The van der Waals surface area contributed by atoms with Gasteiger partial charge in [-0.25, -0.2) is 0 Å². The van der Waals surface area contributed by atoms with E-state index in [2.05, 4.69) is 0 Å². The molecule has 0 aliphatic heterocycles. The molecule has 0 spiro atoms. The van der Waals surface area contributed by atoms with Gasteiger partial charge < -0.3 is 0 Å². The van der Waals surface area contributed by atoms with Crippen molar-refractivity contribution in [2.24, 2.45) is 5.92 Å². The molecule has 13 heavy (non-hydrogen) atoms. The predicted molar refractivity (Wildman–Crippen MR) is 51.0 cm³/mol. The second-order valence-electron chi connectivity index (χ2n) is 3.47. The van der Waals surface area contributed by atoms with Crippen molar-refractivity contribution in [1.82, 2.24) is 4.57 Å². The average Bonchev–Trinajstić information content (AvgIpc) is 2.88. The van der Waals surface area contributed by atoms with E-state index in [1.54, 1.807) is 9.95 Å². The van der Waals surface area contributed by atoms with Gasteiger partial charge in [0.05, 0.1) is 6.54 Å². The van der Waals surface area contributed by atoms with Gasteiger partial charge in [-0.3, -0.25) is 14.2 Å². The van der Waals surface area contributed by atoms with Crippen molar-refractivity contribution in [3.05, 3.63) is 20.7 Å². The number of thiazole rings is 1. The molecule has 2 rings (SSSR count). The molecule has 1 aromatic heterocycles. The third kappa shape index (κ3) is 1.72. The first kappa shape index (κ1) is 8.69. The number of carbonyl (C=O) groups is 1. The standard InChI is InChI=1S/C9H11NO2S/c1-6-5-13-9(12)10(6)4-8(11)7-2-3-7/h5,7H,2-4H2,1H3. The number of aryl methyl sites for hydroxylation is 1. The number of ketones is 1. The maximum Gasteiger partial charge on any atom is 0.307 e. The van der Waals surface area contributed by atoms with E-state index < -0.39 is 0 Å². The molecule has 1 aliphatic rings. The van der Waals surface area contributed by atoms with Crippen LogP contribution in [0.15, 0.2) is 10.2 Å². The summed E-state index contributed by atoms with van der Waals surface area (Å²) in [6, 6.07) is 0. The number of aromatic nitrogens is 1. The fraction of sp³-hybridized carbons (Fsp3) is 0.556. The smallest absolute Gasteiger partial charge is 0.297 e. The molecule has 0 aromatic carbocycles. The number of hydrogen-bond donors (Lipinski definition) is 0. The van der Waals surface area contributed by atoms with Gasteiger partial charge in [0.25, 0.3) is 0 Å². The summed E-state index contributed by atoms with van der Waals surface area (Å²) in [5, 5.41) is 1.79. The summed E-state index contributed by atoms with van der Waals surface area (Å²) in [6.45, 7) is 2.14. The zero-order valence-electron chi connectivity index (χ0n) is 7.45. The normalized spacial score (nSPS) is 16.1. The maximum absolute atomic E-state index is 11.4. The lowest BCUT2D eigenvalue weighted by Gasteiger charge is -2.01. The summed E-state index contributed by atoms with van der Waals surface area (Å²) in [6.07, 6.45) is 2.02. The molecular formula is C9H11NO2S. The molecule has 0 amide bonds. The van der Waals surface area contributed by atoms with Crippen LogP contribution in [0.5, 0.6) is 0 Å². The summed E-state index contributed by atoms with van der Waals surface area (Å²) in [5.74, 6) is 0.454. The fourth-order valence-electron chi connectivity index (χ4n) is 1.29. The van der Waals surface area contributed by atoms with Crippen molar-refractivity contribution in [3.8, 4) is 0 Å². The van der Waals surface area contributed by atoms with Crippen LogP contribution in [0.4, 0.5) is 0 Å². The van der Waals surface area contributed by atoms with Gasteiger partial charge in [0.1, 0.15) is 0 Å². The largest absolute Gasteiger partial charge is 0.307 e. The van der Waals surface area contributed by atoms with Gasteiger partial charge >= 0.3 is 4.87 Å². The van der Waals surface area contributed by atoms with E-state index in [1.807, 2.05) is 6.92 Å². The lowest BCUT2D eigenvalue weighted by molar-refractivity contribution is -0.120. The third-order valence-electron chi connectivity index (χ3n) is 2.32. The van der Waals surface area contributed by atoms with Crippen molar-refractivity contribution in [2.75, 3.05) is 0 Å². The van der Waals surface area contributed by atoms with Crippen LogP contribution in [0.2, 0.25) is 0 Å². The van der Waals surface area contributed by atoms with Crippen molar-refractivity contribution < 1.29 is 4.79 Å². The second-order valence-corrected chi connectivity index (χ2v) is 4.29. The Kier molecular flexibility index (Phi) is 2.07. The Balaban J connectivity index is 2.16. The summed E-state index contributed by atoms with van der Waals surface area (Å²) in [7, 11) is 0. The molecule has 0 radical (unpaired) electrons. The van der Waals surface area contributed by atoms with Gasteiger partial charge in [0.15, 0.2) is 5.78 Å². The Hall–Kier alpha value is -0.900. The highest BCUT2D eigenvalue weighted by Crippen LogP contribution is 2.30. The van der Waals surface area contributed by atoms with Crippen LogP contribution in [0.1, 0.15) is 18.5 Å². The first-order chi connectivity index (χ1) is 6.18. The molecule has 0 saturated heterocycles. The Bertz CT molecular complexity index is 387. The molecule has 0 bridgehead atoms. The van der Waals surface area contributed by atoms with Gasteiger partial charge in [-0.1, -0.05) is 11.3 Å². The molecular weight excluding hydrogens is 186 g/mol. The van der Waals surface area contributed by atoms with E-state index in [0.29, 0.717) is 0 Å². The Morgan fingerprint density at radius 1 is 1.69 bits per heavy atom. The highest BCUT2D eigenvalue weighted by molar-refractivity contribution is 7.07. The quantitative estimate of drug-likeness (QED) is 0.730. The Labute approximate surface area is 80.0 Å². The van der Waals surface area contributed by atoms with E-state index in [-0.39, 0.29) is 23.1 Å². The molecule has 1 heterocycles. The number of Topliss-reactive ketones (excluding diaryl/α,β-unsaturated/α-hetero) is 1. The fourth-order valence-corrected chi connectivity index (χ4v) is 2.02. The summed E-state index contributed by atoms with van der Waals surface area (Å²) in [4.78, 5) is 22.6. The van der Waals surface area contributed by atoms with Crippen LogP contribution < -0.4 is 4.87 Å². The number of carbonyl (C=O) groups excluding carboxylic acids is 1. The number of hydrogen-bond acceptors (Lipinski definition) is 3. The summed E-state index contributed by atoms with van der Waals surface area (Å²) < 4.78 is 1.56. The van der Waals surface area contributed by atoms with E-state index in [4.69, 9.17) is 0 Å². The van der Waals surface area contributed by atoms with Gasteiger partial charge in [-0.15, -0.1) is 0 Å². The SMILES string of the molecule is Cc1csc(=O)n1CC(=O)C1CC1. The van der Waals surface area contributed by atoms with Crippen molar-refractivity contribution in [1.29, 1.82) is 0 Å². The maximum atomic E-state index is 11.4. The Morgan fingerprint density at radius 3 is 2.85 bits per heavy atom. The topological polar surface area (TPSA) is 39.1 Å². The van der Waals surface area contributed by atoms with Crippen LogP contribution in [-0.4, -0.2) is 10.4 Å². The van der Waals surface area contributed by atoms with Gasteiger partial charge in [0.2, 0.25) is 0 Å². The molecule has 0 unspecified atom stereocenters. The molecule has 3 nitrogen and oxygen atoms in total. The average molecular weight is 197 g/mol. The second kappa shape index (κ2) is 3.10. The Morgan fingerprint density at radius 2 is 2.38 bits per heavy atom. The van der Waals surface area contributed by atoms with Crippen LogP contribution in [-0.2, 0) is 11.3 Å². The van der Waals surface area contributed by atoms with E-state index in [1.165, 1.54) is 0 Å². The molecule has 1 fully saturated rings. The molecule has 4 heteroatoms. The van der Waals surface area contributed by atoms with Crippen LogP contribution in [0, 0.1) is 12.8 Å². The van der Waals surface area contributed by atoms with Crippen molar-refractivity contribution >= 4 is 17.1 Å². The van der Waals surface area contributed by atoms with Crippen LogP contribution >= 0.6 is 11.3 Å². The minimum atomic E-state index is -0.0218. The molecule has 0 N–H and O–H groups in total. The first-order valence-electron chi connectivity index (χ1n) is 4.36. The third-order valence-corrected chi connectivity index (χ3v) is 3.20. The van der Waals surface area contributed by atoms with E-state index in [9.17, 15) is 9.59 Å². The van der Waals surface area contributed by atoms with Crippen molar-refractivity contribution in [3.63, 3.8) is 0 Å². The van der Waals surface area contributed by atoms with E-state index in [0.717, 1.165) is 29.9 Å². The highest BCUT2D eigenvalue weighted by Gasteiger charge is 2.29. The van der Waals surface area contributed by atoms with Crippen LogP contribution in [0.3, 0.4) is 0 Å². The van der Waals surface area contributed by atoms with E-state index >= 15 is 0 Å². The monoisotopic (exact) mass is 197 g/mol. The highest BCUT2D eigenvalue weighted by atomic mass is 32.1. The molecule has 1 aromatic rings. The molecule has 70 valence electrons. The zero-order valence-corrected chi connectivity index (χ0v) is 8.26. The lowest BCUT2D eigenvalue weighted by Crippen LogP contribution is -2.21. The van der Waals surface area contributed by atoms with Crippen LogP contribution in [0.25, 0.3) is 0 Å². The molecule has 1 saturated carbocycles. The zero-order chi connectivity index (χ0) is 9.42. The summed E-state index contributed by atoms with van der Waals surface area (Å²) in [5.41, 5.74) is 0.893. The minimum Gasteiger partial charge on any atom is -0.297 e. The number of rotatable bonds is 3.